The van der Waals surface area contributed by atoms with Gasteiger partial charge in [0, 0.05) is 5.56 Å². The van der Waals surface area contributed by atoms with E-state index in [1.54, 1.807) is 36.4 Å². The minimum atomic E-state index is -0.373. The van der Waals surface area contributed by atoms with Crippen molar-refractivity contribution in [1.29, 1.82) is 0 Å². The molecule has 0 saturated heterocycles. The van der Waals surface area contributed by atoms with Crippen LogP contribution in [0.2, 0.25) is 0 Å². The smallest absolute Gasteiger partial charge is 0.165 e. The average Bonchev–Trinajstić information content (AvgIpc) is 2.60. The van der Waals surface area contributed by atoms with E-state index in [2.05, 4.69) is 0 Å². The van der Waals surface area contributed by atoms with Crippen LogP contribution in [0.3, 0.4) is 0 Å². The van der Waals surface area contributed by atoms with Gasteiger partial charge in [0.15, 0.2) is 23.1 Å². The molecule has 128 valence electrons. The number of allylic oxidation sites excluding steroid dienone is 2. The number of carbonyl (C=O) groups is 2. The van der Waals surface area contributed by atoms with Crippen LogP contribution in [-0.4, -0.2) is 28.9 Å². The number of hydrogen-bond acceptors (Lipinski definition) is 5. The molecule has 25 heavy (non-hydrogen) atoms. The van der Waals surface area contributed by atoms with Gasteiger partial charge in [-0.05, 0) is 42.0 Å². The summed E-state index contributed by atoms with van der Waals surface area (Å²) in [6.07, 6.45) is 5.32. The lowest BCUT2D eigenvalue weighted by atomic mass is 10.1. The van der Waals surface area contributed by atoms with Gasteiger partial charge in [-0.3, -0.25) is 9.59 Å². The third-order valence-electron chi connectivity index (χ3n) is 3.40. The molecular formula is C20H18O5. The molecule has 0 aromatic heterocycles. The van der Waals surface area contributed by atoms with Crippen molar-refractivity contribution in [2.45, 2.75) is 6.42 Å². The Morgan fingerprint density at radius 1 is 0.960 bits per heavy atom. The first-order valence-corrected chi connectivity index (χ1v) is 7.56. The average molecular weight is 338 g/mol. The minimum absolute atomic E-state index is 0.0624. The van der Waals surface area contributed by atoms with Crippen molar-refractivity contribution in [3.05, 3.63) is 65.7 Å². The highest BCUT2D eigenvalue weighted by atomic mass is 16.5. The van der Waals surface area contributed by atoms with E-state index in [1.807, 2.05) is 0 Å². The third-order valence-corrected chi connectivity index (χ3v) is 3.40. The van der Waals surface area contributed by atoms with Gasteiger partial charge in [-0.25, -0.2) is 0 Å². The summed E-state index contributed by atoms with van der Waals surface area (Å²) in [4.78, 5) is 23.7. The summed E-state index contributed by atoms with van der Waals surface area (Å²) in [5.74, 6) is -0.320. The molecule has 2 rings (SSSR count). The van der Waals surface area contributed by atoms with Crippen molar-refractivity contribution in [1.82, 2.24) is 0 Å². The summed E-state index contributed by atoms with van der Waals surface area (Å²) in [5, 5.41) is 19.1. The van der Waals surface area contributed by atoms with Gasteiger partial charge < -0.3 is 14.9 Å². The number of methoxy groups -OCH3 is 1. The number of rotatable bonds is 7. The van der Waals surface area contributed by atoms with Gasteiger partial charge >= 0.3 is 0 Å². The van der Waals surface area contributed by atoms with E-state index in [0.717, 1.165) is 5.56 Å². The van der Waals surface area contributed by atoms with Crippen molar-refractivity contribution in [3.8, 4) is 17.2 Å². The molecule has 0 fully saturated rings. The van der Waals surface area contributed by atoms with Crippen molar-refractivity contribution < 1.29 is 24.5 Å². The number of benzene rings is 2. The zero-order valence-corrected chi connectivity index (χ0v) is 13.7. The van der Waals surface area contributed by atoms with Gasteiger partial charge in [0.2, 0.25) is 0 Å². The molecule has 2 aromatic rings. The molecule has 0 atom stereocenters. The summed E-state index contributed by atoms with van der Waals surface area (Å²) in [5.41, 5.74) is 1.18. The van der Waals surface area contributed by atoms with Crippen molar-refractivity contribution in [2.24, 2.45) is 0 Å². The largest absolute Gasteiger partial charge is 0.508 e. The van der Waals surface area contributed by atoms with Gasteiger partial charge in [0.05, 0.1) is 13.5 Å². The zero-order valence-electron chi connectivity index (χ0n) is 13.7. The number of aromatic hydroxyl groups is 2. The van der Waals surface area contributed by atoms with E-state index in [9.17, 15) is 19.8 Å². The number of phenols is 2. The highest BCUT2D eigenvalue weighted by Crippen LogP contribution is 2.30. The fraction of sp³-hybridized carbons (Fsp3) is 0.100. The molecule has 0 bridgehead atoms. The summed E-state index contributed by atoms with van der Waals surface area (Å²) in [6, 6.07) is 11.3. The van der Waals surface area contributed by atoms with E-state index in [1.165, 1.54) is 37.5 Å². The summed E-state index contributed by atoms with van der Waals surface area (Å²) in [6.45, 7) is 0. The quantitative estimate of drug-likeness (QED) is 0.597. The molecule has 2 aromatic carbocycles. The highest BCUT2D eigenvalue weighted by Gasteiger charge is 2.07. The predicted octanol–water partition coefficient (Wildman–Crippen LogP) is 3.36. The van der Waals surface area contributed by atoms with Crippen LogP contribution in [0.15, 0.2) is 54.6 Å². The molecule has 0 radical (unpaired) electrons. The highest BCUT2D eigenvalue weighted by molar-refractivity contribution is 6.11. The molecule has 5 nitrogen and oxygen atoms in total. The van der Waals surface area contributed by atoms with E-state index < -0.39 is 0 Å². The Kier molecular flexibility index (Phi) is 6.12. The Hall–Kier alpha value is -3.34. The SMILES string of the molecule is COc1cccc(/C=C/C(=O)CC(=O)/C=C/c2ccc(O)cc2)c1O. The van der Waals surface area contributed by atoms with Crippen LogP contribution in [0.1, 0.15) is 17.5 Å². The first-order chi connectivity index (χ1) is 12.0. The molecule has 0 amide bonds. The lowest BCUT2D eigenvalue weighted by molar-refractivity contribution is -0.121. The summed E-state index contributed by atoms with van der Waals surface area (Å²) < 4.78 is 4.99. The van der Waals surface area contributed by atoms with Crippen LogP contribution < -0.4 is 4.74 Å². The molecule has 0 aliphatic rings. The lowest BCUT2D eigenvalue weighted by Crippen LogP contribution is -2.01. The lowest BCUT2D eigenvalue weighted by Gasteiger charge is -2.04. The predicted molar refractivity (Wildman–Crippen MR) is 95.5 cm³/mol. The van der Waals surface area contributed by atoms with Gasteiger partial charge in [0.1, 0.15) is 5.75 Å². The van der Waals surface area contributed by atoms with Gasteiger partial charge in [-0.1, -0.05) is 30.3 Å². The fourth-order valence-electron chi connectivity index (χ4n) is 2.09. The molecule has 2 N–H and O–H groups in total. The maximum absolute atomic E-state index is 11.9. The first kappa shape index (κ1) is 18.0. The van der Waals surface area contributed by atoms with Crippen LogP contribution in [0.25, 0.3) is 12.2 Å². The van der Waals surface area contributed by atoms with Crippen LogP contribution in [-0.2, 0) is 9.59 Å². The van der Waals surface area contributed by atoms with E-state index >= 15 is 0 Å². The second kappa shape index (κ2) is 8.49. The Balaban J connectivity index is 1.95. The zero-order chi connectivity index (χ0) is 18.2. The number of hydrogen-bond donors (Lipinski definition) is 2. The monoisotopic (exact) mass is 338 g/mol. The molecule has 0 aliphatic heterocycles. The van der Waals surface area contributed by atoms with Crippen molar-refractivity contribution in [3.63, 3.8) is 0 Å². The number of ether oxygens (including phenoxy) is 1. The number of ketones is 2. The normalized spacial score (nSPS) is 11.1. The van der Waals surface area contributed by atoms with Gasteiger partial charge in [0.25, 0.3) is 0 Å². The first-order valence-electron chi connectivity index (χ1n) is 7.56. The summed E-state index contributed by atoms with van der Waals surface area (Å²) in [7, 11) is 1.44. The topological polar surface area (TPSA) is 83.8 Å². The van der Waals surface area contributed by atoms with Crippen LogP contribution >= 0.6 is 0 Å². The molecule has 0 heterocycles. The summed E-state index contributed by atoms with van der Waals surface area (Å²) >= 11 is 0. The molecular weight excluding hydrogens is 320 g/mol. The van der Waals surface area contributed by atoms with Gasteiger partial charge in [-0.2, -0.15) is 0 Å². The number of para-hydroxylation sites is 1. The van der Waals surface area contributed by atoms with Crippen LogP contribution in [0.4, 0.5) is 0 Å². The molecule has 0 aliphatic carbocycles. The second-order valence-corrected chi connectivity index (χ2v) is 5.27. The van der Waals surface area contributed by atoms with Crippen LogP contribution in [0, 0.1) is 0 Å². The Morgan fingerprint density at radius 2 is 1.60 bits per heavy atom. The molecule has 5 heteroatoms. The molecule has 0 saturated carbocycles. The Bertz CT molecular complexity index is 816. The standard InChI is InChI=1S/C20H18O5/c1-25-19-4-2-3-15(20(19)24)8-12-18(23)13-17(22)11-7-14-5-9-16(21)10-6-14/h2-12,21,24H,13H2,1H3/b11-7+,12-8+. The second-order valence-electron chi connectivity index (χ2n) is 5.27. The number of phenolic OH excluding ortho intramolecular Hbond substituents is 2. The third kappa shape index (κ3) is 5.35. The van der Waals surface area contributed by atoms with Crippen molar-refractivity contribution in [2.75, 3.05) is 7.11 Å². The fourth-order valence-corrected chi connectivity index (χ4v) is 2.09. The van der Waals surface area contributed by atoms with E-state index in [-0.39, 0.29) is 29.5 Å². The van der Waals surface area contributed by atoms with E-state index in [0.29, 0.717) is 11.3 Å². The van der Waals surface area contributed by atoms with Crippen LogP contribution in [0.5, 0.6) is 17.2 Å². The van der Waals surface area contributed by atoms with Gasteiger partial charge in [-0.15, -0.1) is 0 Å². The maximum atomic E-state index is 11.9. The number of carbonyl (C=O) groups excluding carboxylic acids is 2. The maximum Gasteiger partial charge on any atom is 0.165 e. The molecule has 0 spiro atoms. The molecule has 0 unspecified atom stereocenters. The Morgan fingerprint density at radius 3 is 2.24 bits per heavy atom. The minimum Gasteiger partial charge on any atom is -0.508 e. The Labute approximate surface area is 145 Å². The van der Waals surface area contributed by atoms with Crippen molar-refractivity contribution >= 4 is 23.7 Å². The van der Waals surface area contributed by atoms with E-state index in [4.69, 9.17) is 4.74 Å².